The van der Waals surface area contributed by atoms with E-state index in [0.717, 1.165) is 13.0 Å². The van der Waals surface area contributed by atoms with E-state index in [2.05, 4.69) is 17.0 Å². The van der Waals surface area contributed by atoms with E-state index in [9.17, 15) is 9.18 Å². The third kappa shape index (κ3) is 3.37. The number of esters is 1. The third-order valence-electron chi connectivity index (χ3n) is 3.37. The van der Waals surface area contributed by atoms with E-state index in [0.29, 0.717) is 16.6 Å². The number of rotatable bonds is 5. The number of hydrogen-bond acceptors (Lipinski definition) is 3. The molecular weight excluding hydrogens is 321 g/mol. The normalized spacial score (nSPS) is 11.1. The first-order valence-electron chi connectivity index (χ1n) is 7.24. The molecule has 0 amide bonds. The predicted molar refractivity (Wildman–Crippen MR) is 84.9 cm³/mol. The maximum atomic E-state index is 13.3. The number of halogens is 2. The first-order valence-corrected chi connectivity index (χ1v) is 7.62. The molecule has 3 rings (SSSR count). The summed E-state index contributed by atoms with van der Waals surface area (Å²) in [6, 6.07) is 5.84. The maximum absolute atomic E-state index is 13.3. The number of aryl methyl sites for hydroxylation is 1. The number of nitrogens with one attached hydrogen (secondary N) is 1. The molecule has 3 aromatic rings. The standard InChI is InChI=1S/C16H15ClFN3O2/c1-2-4-21-5-3-11(20-21)9-23-16(22)15-8-12-13(17)6-10(18)7-14(12)19-15/h3,5-8,19H,2,4,9H2,1H3. The van der Waals surface area contributed by atoms with Crippen LogP contribution in [0, 0.1) is 5.82 Å². The van der Waals surface area contributed by atoms with E-state index in [-0.39, 0.29) is 17.3 Å². The van der Waals surface area contributed by atoms with Gasteiger partial charge in [-0.1, -0.05) is 18.5 Å². The Bertz CT molecular complexity index is 856. The molecule has 0 aliphatic rings. The van der Waals surface area contributed by atoms with E-state index < -0.39 is 11.8 Å². The molecule has 1 aromatic carbocycles. The van der Waals surface area contributed by atoms with Gasteiger partial charge in [0.05, 0.1) is 16.2 Å². The molecule has 0 bridgehead atoms. The van der Waals surface area contributed by atoms with Gasteiger partial charge in [0, 0.05) is 18.1 Å². The van der Waals surface area contributed by atoms with Crippen molar-refractivity contribution in [1.82, 2.24) is 14.8 Å². The number of hydrogen-bond donors (Lipinski definition) is 1. The minimum absolute atomic E-state index is 0.0764. The van der Waals surface area contributed by atoms with Crippen LogP contribution < -0.4 is 0 Å². The van der Waals surface area contributed by atoms with Gasteiger partial charge in [-0.3, -0.25) is 4.68 Å². The minimum atomic E-state index is -0.539. The SMILES string of the molecule is CCCn1ccc(COC(=O)c2cc3c(Cl)cc(F)cc3[nH]2)n1. The summed E-state index contributed by atoms with van der Waals surface area (Å²) < 4.78 is 20.3. The topological polar surface area (TPSA) is 59.9 Å². The zero-order valence-corrected chi connectivity index (χ0v) is 13.2. The fourth-order valence-corrected chi connectivity index (χ4v) is 2.58. The van der Waals surface area contributed by atoms with Crippen molar-refractivity contribution in [2.45, 2.75) is 26.5 Å². The van der Waals surface area contributed by atoms with Crippen molar-refractivity contribution >= 4 is 28.5 Å². The molecule has 120 valence electrons. The molecule has 0 aliphatic heterocycles. The highest BCUT2D eigenvalue weighted by Crippen LogP contribution is 2.26. The van der Waals surface area contributed by atoms with E-state index in [4.69, 9.17) is 16.3 Å². The number of nitrogens with zero attached hydrogens (tertiary/aromatic N) is 2. The van der Waals surface area contributed by atoms with E-state index in [1.54, 1.807) is 16.8 Å². The second-order valence-corrected chi connectivity index (χ2v) is 5.59. The highest BCUT2D eigenvalue weighted by molar-refractivity contribution is 6.35. The largest absolute Gasteiger partial charge is 0.454 e. The molecule has 2 aromatic heterocycles. The third-order valence-corrected chi connectivity index (χ3v) is 3.68. The van der Waals surface area contributed by atoms with Gasteiger partial charge >= 0.3 is 5.97 Å². The molecule has 2 heterocycles. The van der Waals surface area contributed by atoms with E-state index in [1.807, 2.05) is 6.20 Å². The highest BCUT2D eigenvalue weighted by Gasteiger charge is 2.14. The zero-order valence-electron chi connectivity index (χ0n) is 12.5. The van der Waals surface area contributed by atoms with Gasteiger partial charge in [-0.2, -0.15) is 5.10 Å². The Morgan fingerprint density at radius 3 is 3.04 bits per heavy atom. The molecule has 7 heteroatoms. The van der Waals surface area contributed by atoms with Gasteiger partial charge < -0.3 is 9.72 Å². The summed E-state index contributed by atoms with van der Waals surface area (Å²) in [5.41, 5.74) is 1.35. The summed E-state index contributed by atoms with van der Waals surface area (Å²) in [6.07, 6.45) is 2.82. The van der Waals surface area contributed by atoms with E-state index in [1.165, 1.54) is 12.1 Å². The Morgan fingerprint density at radius 2 is 2.26 bits per heavy atom. The van der Waals surface area contributed by atoms with Gasteiger partial charge in [0.1, 0.15) is 18.1 Å². The van der Waals surface area contributed by atoms with Crippen molar-refractivity contribution in [2.24, 2.45) is 0 Å². The van der Waals surface area contributed by atoms with Crippen LogP contribution in [0.2, 0.25) is 5.02 Å². The fourth-order valence-electron chi connectivity index (χ4n) is 2.32. The lowest BCUT2D eigenvalue weighted by Gasteiger charge is -2.01. The zero-order chi connectivity index (χ0) is 16.4. The first kappa shape index (κ1) is 15.6. The average molecular weight is 336 g/mol. The molecular formula is C16H15ClFN3O2. The summed E-state index contributed by atoms with van der Waals surface area (Å²) >= 11 is 5.96. The number of ether oxygens (including phenoxy) is 1. The van der Waals surface area contributed by atoms with Gasteiger partial charge in [0.15, 0.2) is 0 Å². The van der Waals surface area contributed by atoms with E-state index >= 15 is 0 Å². The van der Waals surface area contributed by atoms with Crippen LogP contribution in [0.25, 0.3) is 10.9 Å². The van der Waals surface area contributed by atoms with Crippen molar-refractivity contribution in [3.63, 3.8) is 0 Å². The summed E-state index contributed by atoms with van der Waals surface area (Å²) in [5, 5.41) is 5.11. The smallest absolute Gasteiger partial charge is 0.355 e. The average Bonchev–Trinajstić information content (AvgIpc) is 3.12. The quantitative estimate of drug-likeness (QED) is 0.719. The maximum Gasteiger partial charge on any atom is 0.355 e. The van der Waals surface area contributed by atoms with Crippen LogP contribution in [0.5, 0.6) is 0 Å². The lowest BCUT2D eigenvalue weighted by molar-refractivity contribution is 0.0461. The Labute approximate surface area is 137 Å². The minimum Gasteiger partial charge on any atom is -0.454 e. The molecule has 0 radical (unpaired) electrons. The summed E-state index contributed by atoms with van der Waals surface area (Å²) in [7, 11) is 0. The second kappa shape index (κ2) is 6.42. The van der Waals surface area contributed by atoms with Crippen molar-refractivity contribution in [1.29, 1.82) is 0 Å². The van der Waals surface area contributed by atoms with Crippen LogP contribution in [-0.2, 0) is 17.9 Å². The van der Waals surface area contributed by atoms with Crippen LogP contribution in [0.15, 0.2) is 30.5 Å². The monoisotopic (exact) mass is 335 g/mol. The van der Waals surface area contributed by atoms with Gasteiger partial charge in [-0.05, 0) is 30.7 Å². The number of aromatic amines is 1. The Balaban J connectivity index is 1.71. The molecule has 0 spiro atoms. The molecule has 0 unspecified atom stereocenters. The number of carbonyl (C=O) groups excluding carboxylic acids is 1. The van der Waals surface area contributed by atoms with Crippen LogP contribution in [0.3, 0.4) is 0 Å². The van der Waals surface area contributed by atoms with Crippen molar-refractivity contribution in [3.05, 3.63) is 52.7 Å². The Hall–Kier alpha value is -2.34. The lowest BCUT2D eigenvalue weighted by Crippen LogP contribution is -2.06. The van der Waals surface area contributed by atoms with Crippen LogP contribution in [-0.4, -0.2) is 20.7 Å². The lowest BCUT2D eigenvalue weighted by atomic mass is 10.2. The Kier molecular flexibility index (Phi) is 4.34. The number of aromatic nitrogens is 3. The van der Waals surface area contributed by atoms with Crippen molar-refractivity contribution < 1.29 is 13.9 Å². The predicted octanol–water partition coefficient (Wildman–Crippen LogP) is 3.92. The summed E-state index contributed by atoms with van der Waals surface area (Å²) in [6.45, 7) is 2.96. The molecule has 0 saturated heterocycles. The molecule has 5 nitrogen and oxygen atoms in total. The van der Waals surface area contributed by atoms with Gasteiger partial charge in [-0.15, -0.1) is 0 Å². The summed E-state index contributed by atoms with van der Waals surface area (Å²) in [4.78, 5) is 14.9. The van der Waals surface area contributed by atoms with Gasteiger partial charge in [-0.25, -0.2) is 9.18 Å². The number of carbonyl (C=O) groups is 1. The summed E-state index contributed by atoms with van der Waals surface area (Å²) in [5.74, 6) is -1.01. The van der Waals surface area contributed by atoms with Crippen LogP contribution >= 0.6 is 11.6 Å². The molecule has 0 saturated carbocycles. The van der Waals surface area contributed by atoms with Crippen molar-refractivity contribution in [3.8, 4) is 0 Å². The van der Waals surface area contributed by atoms with Crippen molar-refractivity contribution in [2.75, 3.05) is 0 Å². The Morgan fingerprint density at radius 1 is 1.43 bits per heavy atom. The molecule has 0 aliphatic carbocycles. The molecule has 23 heavy (non-hydrogen) atoms. The van der Waals surface area contributed by atoms with Crippen LogP contribution in [0.4, 0.5) is 4.39 Å². The molecule has 0 atom stereocenters. The first-order chi connectivity index (χ1) is 11.1. The van der Waals surface area contributed by atoms with Gasteiger partial charge in [0.25, 0.3) is 0 Å². The number of H-pyrrole nitrogens is 1. The van der Waals surface area contributed by atoms with Crippen LogP contribution in [0.1, 0.15) is 29.5 Å². The highest BCUT2D eigenvalue weighted by atomic mass is 35.5. The number of fused-ring (bicyclic) bond motifs is 1. The molecule has 0 fully saturated rings. The number of benzene rings is 1. The second-order valence-electron chi connectivity index (χ2n) is 5.18. The molecule has 1 N–H and O–H groups in total. The fraction of sp³-hybridized carbons (Fsp3) is 0.250. The van der Waals surface area contributed by atoms with Gasteiger partial charge in [0.2, 0.25) is 0 Å².